The Kier molecular flexibility index (Phi) is 4.64. The minimum Gasteiger partial charge on any atom is -0.384 e. The third kappa shape index (κ3) is 3.87. The van der Waals surface area contributed by atoms with Crippen LogP contribution in [0.4, 0.5) is 21.7 Å². The summed E-state index contributed by atoms with van der Waals surface area (Å²) in [4.78, 5) is 8.28. The fraction of sp³-hybridized carbons (Fsp3) is 0.214. The first-order valence-electron chi connectivity index (χ1n) is 6.30. The van der Waals surface area contributed by atoms with Crippen molar-refractivity contribution >= 4 is 17.3 Å². The number of nitriles is 1. The lowest BCUT2D eigenvalue weighted by atomic mass is 10.2. The molecule has 0 fully saturated rings. The maximum Gasteiger partial charge on any atom is 0.158 e. The number of nitrogens with zero attached hydrogens (tertiary/aromatic N) is 3. The Morgan fingerprint density at radius 3 is 2.90 bits per heavy atom. The van der Waals surface area contributed by atoms with Gasteiger partial charge in [0.05, 0.1) is 11.3 Å². The molecule has 0 atom stereocenters. The van der Waals surface area contributed by atoms with Crippen LogP contribution >= 0.6 is 0 Å². The number of ether oxygens (including phenoxy) is 1. The highest BCUT2D eigenvalue weighted by Gasteiger charge is 2.07. The molecule has 0 saturated carbocycles. The Morgan fingerprint density at radius 2 is 2.19 bits per heavy atom. The van der Waals surface area contributed by atoms with Crippen LogP contribution in [-0.4, -0.2) is 16.6 Å². The van der Waals surface area contributed by atoms with E-state index in [0.717, 1.165) is 6.07 Å². The number of benzene rings is 1. The summed E-state index contributed by atoms with van der Waals surface area (Å²) in [5, 5.41) is 11.9. The van der Waals surface area contributed by atoms with Crippen molar-refractivity contribution in [1.82, 2.24) is 9.97 Å². The van der Waals surface area contributed by atoms with Crippen molar-refractivity contribution < 1.29 is 9.13 Å². The largest absolute Gasteiger partial charge is 0.384 e. The van der Waals surface area contributed by atoms with Gasteiger partial charge in [0, 0.05) is 12.7 Å². The minimum absolute atomic E-state index is 0.179. The molecule has 1 aromatic carbocycles. The quantitative estimate of drug-likeness (QED) is 0.876. The number of aromatic nitrogens is 2. The highest BCUT2D eigenvalue weighted by Crippen LogP contribution is 2.21. The van der Waals surface area contributed by atoms with Crippen molar-refractivity contribution in [1.29, 1.82) is 5.26 Å². The summed E-state index contributed by atoms with van der Waals surface area (Å²) in [6.45, 7) is 2.64. The van der Waals surface area contributed by atoms with E-state index in [9.17, 15) is 4.39 Å². The second-order valence-electron chi connectivity index (χ2n) is 4.16. The SMILES string of the molecule is CCOCc1nc(N)cc(Nc2ccc(F)cc2C#N)n1. The molecule has 1 aromatic heterocycles. The molecular formula is C14H14FN5O. The standard InChI is InChI=1S/C14H14FN5O/c1-2-21-8-14-19-12(17)6-13(20-14)18-11-4-3-10(15)5-9(11)7-16/h3-6H,2,8H2,1H3,(H3,17,18,19,20). The highest BCUT2D eigenvalue weighted by atomic mass is 19.1. The molecule has 0 amide bonds. The van der Waals surface area contributed by atoms with Gasteiger partial charge in [-0.25, -0.2) is 14.4 Å². The summed E-state index contributed by atoms with van der Waals surface area (Å²) in [5.74, 6) is 0.652. The number of halogens is 1. The minimum atomic E-state index is -0.476. The van der Waals surface area contributed by atoms with Crippen molar-refractivity contribution in [2.75, 3.05) is 17.7 Å². The maximum atomic E-state index is 13.1. The molecule has 1 heterocycles. The van der Waals surface area contributed by atoms with Gasteiger partial charge in [0.15, 0.2) is 5.82 Å². The van der Waals surface area contributed by atoms with Gasteiger partial charge in [-0.15, -0.1) is 0 Å². The van der Waals surface area contributed by atoms with Crippen LogP contribution in [0, 0.1) is 17.1 Å². The molecule has 2 aromatic rings. The first-order valence-corrected chi connectivity index (χ1v) is 6.30. The molecule has 2 rings (SSSR count). The highest BCUT2D eigenvalue weighted by molar-refractivity contribution is 5.65. The fourth-order valence-electron chi connectivity index (χ4n) is 1.70. The van der Waals surface area contributed by atoms with E-state index in [1.165, 1.54) is 18.2 Å². The number of hydrogen-bond donors (Lipinski definition) is 2. The average molecular weight is 287 g/mol. The van der Waals surface area contributed by atoms with Gasteiger partial charge in [-0.2, -0.15) is 5.26 Å². The maximum absolute atomic E-state index is 13.1. The van der Waals surface area contributed by atoms with Gasteiger partial charge >= 0.3 is 0 Å². The monoisotopic (exact) mass is 287 g/mol. The topological polar surface area (TPSA) is 96.9 Å². The number of rotatable bonds is 5. The van der Waals surface area contributed by atoms with Crippen molar-refractivity contribution in [3.8, 4) is 6.07 Å². The Labute approximate surface area is 121 Å². The molecular weight excluding hydrogens is 273 g/mol. The molecule has 0 aliphatic heterocycles. The summed E-state index contributed by atoms with van der Waals surface area (Å²) in [6, 6.07) is 7.32. The van der Waals surface area contributed by atoms with E-state index >= 15 is 0 Å². The summed E-state index contributed by atoms with van der Waals surface area (Å²) >= 11 is 0. The zero-order valence-electron chi connectivity index (χ0n) is 11.4. The second kappa shape index (κ2) is 6.63. The molecule has 0 aliphatic carbocycles. The van der Waals surface area contributed by atoms with Crippen molar-refractivity contribution in [2.24, 2.45) is 0 Å². The van der Waals surface area contributed by atoms with Crippen LogP contribution < -0.4 is 11.1 Å². The van der Waals surface area contributed by atoms with Crippen LogP contribution in [0.5, 0.6) is 0 Å². The molecule has 0 aliphatic rings. The molecule has 21 heavy (non-hydrogen) atoms. The second-order valence-corrected chi connectivity index (χ2v) is 4.16. The molecule has 6 nitrogen and oxygen atoms in total. The van der Waals surface area contributed by atoms with Crippen molar-refractivity contribution in [3.63, 3.8) is 0 Å². The lowest BCUT2D eigenvalue weighted by Gasteiger charge is -2.09. The Morgan fingerprint density at radius 1 is 1.38 bits per heavy atom. The van der Waals surface area contributed by atoms with Crippen LogP contribution in [0.3, 0.4) is 0 Å². The number of nitrogen functional groups attached to an aromatic ring is 1. The smallest absolute Gasteiger partial charge is 0.158 e. The third-order valence-corrected chi connectivity index (χ3v) is 2.59. The Hall–Kier alpha value is -2.72. The molecule has 0 saturated heterocycles. The van der Waals surface area contributed by atoms with E-state index in [2.05, 4.69) is 15.3 Å². The first kappa shape index (κ1) is 14.7. The van der Waals surface area contributed by atoms with Gasteiger partial charge in [-0.05, 0) is 25.1 Å². The van der Waals surface area contributed by atoms with Crippen LogP contribution in [0.2, 0.25) is 0 Å². The van der Waals surface area contributed by atoms with Gasteiger partial charge in [0.1, 0.15) is 30.1 Å². The molecule has 7 heteroatoms. The zero-order chi connectivity index (χ0) is 15.2. The van der Waals surface area contributed by atoms with Crippen LogP contribution in [0.15, 0.2) is 24.3 Å². The number of nitrogens with two attached hydrogens (primary N) is 1. The molecule has 0 spiro atoms. The van der Waals surface area contributed by atoms with Gasteiger partial charge in [-0.1, -0.05) is 0 Å². The van der Waals surface area contributed by atoms with Gasteiger partial charge in [0.2, 0.25) is 0 Å². The van der Waals surface area contributed by atoms with E-state index in [4.69, 9.17) is 15.7 Å². The third-order valence-electron chi connectivity index (χ3n) is 2.59. The van der Waals surface area contributed by atoms with E-state index in [1.807, 2.05) is 13.0 Å². The number of nitrogens with one attached hydrogen (secondary N) is 1. The number of anilines is 3. The predicted molar refractivity (Wildman–Crippen MR) is 76.2 cm³/mol. The fourth-order valence-corrected chi connectivity index (χ4v) is 1.70. The van der Waals surface area contributed by atoms with Crippen molar-refractivity contribution in [3.05, 3.63) is 41.5 Å². The lowest BCUT2D eigenvalue weighted by molar-refractivity contribution is 0.128. The Bertz CT molecular complexity index is 684. The predicted octanol–water partition coefficient (Wildman–Crippen LogP) is 2.35. The van der Waals surface area contributed by atoms with Crippen molar-refractivity contribution in [2.45, 2.75) is 13.5 Å². The van der Waals surface area contributed by atoms with E-state index in [0.29, 0.717) is 23.9 Å². The van der Waals surface area contributed by atoms with Crippen LogP contribution in [0.1, 0.15) is 18.3 Å². The summed E-state index contributed by atoms with van der Waals surface area (Å²) in [7, 11) is 0. The van der Waals surface area contributed by atoms with E-state index in [1.54, 1.807) is 0 Å². The average Bonchev–Trinajstić information content (AvgIpc) is 2.46. The van der Waals surface area contributed by atoms with Gasteiger partial charge in [-0.3, -0.25) is 0 Å². The van der Waals surface area contributed by atoms with Gasteiger partial charge < -0.3 is 15.8 Å². The molecule has 0 radical (unpaired) electrons. The lowest BCUT2D eigenvalue weighted by Crippen LogP contribution is -2.06. The van der Waals surface area contributed by atoms with Crippen LogP contribution in [-0.2, 0) is 11.3 Å². The normalized spacial score (nSPS) is 10.1. The molecule has 0 bridgehead atoms. The summed E-state index contributed by atoms with van der Waals surface area (Å²) in [5.41, 5.74) is 6.33. The Balaban J connectivity index is 2.27. The van der Waals surface area contributed by atoms with Crippen LogP contribution in [0.25, 0.3) is 0 Å². The van der Waals surface area contributed by atoms with E-state index in [-0.39, 0.29) is 18.0 Å². The number of hydrogen-bond acceptors (Lipinski definition) is 6. The molecule has 3 N–H and O–H groups in total. The first-order chi connectivity index (χ1) is 10.1. The molecule has 108 valence electrons. The molecule has 0 unspecified atom stereocenters. The zero-order valence-corrected chi connectivity index (χ0v) is 11.4. The van der Waals surface area contributed by atoms with E-state index < -0.39 is 5.82 Å². The summed E-state index contributed by atoms with van der Waals surface area (Å²) < 4.78 is 18.3. The van der Waals surface area contributed by atoms with Gasteiger partial charge in [0.25, 0.3) is 0 Å². The summed E-state index contributed by atoms with van der Waals surface area (Å²) in [6.07, 6.45) is 0.